The Kier molecular flexibility index (Phi) is 4.61. The second-order valence-corrected chi connectivity index (χ2v) is 6.29. The molecular formula is C12H9Cl2F3N2S. The average Bonchev–Trinajstić information content (AvgIpc) is 2.69. The summed E-state index contributed by atoms with van der Waals surface area (Å²) in [6.45, 7) is 0. The van der Waals surface area contributed by atoms with Crippen molar-refractivity contribution in [2.45, 2.75) is 12.2 Å². The van der Waals surface area contributed by atoms with Crippen molar-refractivity contribution in [3.8, 4) is 0 Å². The molecule has 0 fully saturated rings. The van der Waals surface area contributed by atoms with Crippen molar-refractivity contribution in [1.82, 2.24) is 5.43 Å². The van der Waals surface area contributed by atoms with E-state index < -0.39 is 17.8 Å². The molecule has 0 spiro atoms. The van der Waals surface area contributed by atoms with Gasteiger partial charge in [0, 0.05) is 5.56 Å². The van der Waals surface area contributed by atoms with Gasteiger partial charge in [0.2, 0.25) is 0 Å². The van der Waals surface area contributed by atoms with Crippen LogP contribution >= 0.6 is 34.5 Å². The Morgan fingerprint density at radius 2 is 1.90 bits per heavy atom. The molecule has 0 radical (unpaired) electrons. The Morgan fingerprint density at radius 3 is 2.40 bits per heavy atom. The first-order valence-corrected chi connectivity index (χ1v) is 6.98. The van der Waals surface area contributed by atoms with Crippen LogP contribution in [-0.2, 0) is 6.18 Å². The summed E-state index contributed by atoms with van der Waals surface area (Å²) in [4.78, 5) is 0. The van der Waals surface area contributed by atoms with Gasteiger partial charge in [-0.3, -0.25) is 5.84 Å². The van der Waals surface area contributed by atoms with Crippen LogP contribution in [0.2, 0.25) is 8.67 Å². The SMILES string of the molecule is NNC(c1cccc(C(F)(F)F)c1)c1cc(Cl)sc1Cl. The molecule has 2 rings (SSSR count). The molecule has 0 bridgehead atoms. The van der Waals surface area contributed by atoms with Gasteiger partial charge in [0.1, 0.15) is 0 Å². The van der Waals surface area contributed by atoms with Gasteiger partial charge in [-0.1, -0.05) is 35.3 Å². The molecule has 108 valence electrons. The molecule has 0 amide bonds. The van der Waals surface area contributed by atoms with Gasteiger partial charge in [0.05, 0.1) is 20.3 Å². The van der Waals surface area contributed by atoms with Crippen molar-refractivity contribution in [2.75, 3.05) is 0 Å². The smallest absolute Gasteiger partial charge is 0.271 e. The van der Waals surface area contributed by atoms with Gasteiger partial charge < -0.3 is 0 Å². The number of thiophene rings is 1. The average molecular weight is 341 g/mol. The fourth-order valence-corrected chi connectivity index (χ4v) is 3.34. The maximum Gasteiger partial charge on any atom is 0.416 e. The Labute approximate surface area is 127 Å². The minimum atomic E-state index is -4.41. The fraction of sp³-hybridized carbons (Fsp3) is 0.167. The van der Waals surface area contributed by atoms with E-state index in [4.69, 9.17) is 29.0 Å². The summed E-state index contributed by atoms with van der Waals surface area (Å²) in [6.07, 6.45) is -4.41. The van der Waals surface area contributed by atoms with Crippen molar-refractivity contribution in [1.29, 1.82) is 0 Å². The van der Waals surface area contributed by atoms with Crippen LogP contribution in [0.15, 0.2) is 30.3 Å². The predicted octanol–water partition coefficient (Wildman–Crippen LogP) is 4.63. The van der Waals surface area contributed by atoms with Crippen LogP contribution in [0.3, 0.4) is 0 Å². The number of halogens is 5. The lowest BCUT2D eigenvalue weighted by Gasteiger charge is -2.17. The van der Waals surface area contributed by atoms with Crippen LogP contribution in [0.1, 0.15) is 22.7 Å². The van der Waals surface area contributed by atoms with Crippen LogP contribution < -0.4 is 11.3 Å². The molecule has 20 heavy (non-hydrogen) atoms. The van der Waals surface area contributed by atoms with Gasteiger partial charge in [-0.2, -0.15) is 13.2 Å². The van der Waals surface area contributed by atoms with E-state index in [2.05, 4.69) is 5.43 Å². The van der Waals surface area contributed by atoms with Gasteiger partial charge >= 0.3 is 6.18 Å². The highest BCUT2D eigenvalue weighted by Gasteiger charge is 2.31. The van der Waals surface area contributed by atoms with Crippen LogP contribution in [-0.4, -0.2) is 0 Å². The second kappa shape index (κ2) is 5.91. The molecule has 8 heteroatoms. The molecule has 1 atom stereocenters. The van der Waals surface area contributed by atoms with E-state index in [0.29, 0.717) is 19.8 Å². The zero-order valence-electron chi connectivity index (χ0n) is 9.84. The van der Waals surface area contributed by atoms with Gasteiger partial charge in [0.25, 0.3) is 0 Å². The zero-order chi connectivity index (χ0) is 14.9. The molecule has 0 saturated heterocycles. The summed E-state index contributed by atoms with van der Waals surface area (Å²) in [6, 6.07) is 5.82. The first-order chi connectivity index (χ1) is 9.32. The predicted molar refractivity (Wildman–Crippen MR) is 74.9 cm³/mol. The third-order valence-electron chi connectivity index (χ3n) is 2.71. The summed E-state index contributed by atoms with van der Waals surface area (Å²) >= 11 is 13.0. The molecule has 1 aromatic heterocycles. The van der Waals surface area contributed by atoms with Crippen LogP contribution in [0.5, 0.6) is 0 Å². The number of nitrogens with one attached hydrogen (secondary N) is 1. The molecule has 0 aliphatic rings. The number of hydrazine groups is 1. The molecule has 3 N–H and O–H groups in total. The molecule has 1 heterocycles. The maximum atomic E-state index is 12.7. The molecule has 2 aromatic rings. The molecule has 0 aliphatic heterocycles. The molecular weight excluding hydrogens is 332 g/mol. The van der Waals surface area contributed by atoms with E-state index >= 15 is 0 Å². The first-order valence-electron chi connectivity index (χ1n) is 5.41. The number of hydrogen-bond donors (Lipinski definition) is 2. The summed E-state index contributed by atoms with van der Waals surface area (Å²) < 4.78 is 39.0. The Bertz CT molecular complexity index is 613. The monoisotopic (exact) mass is 340 g/mol. The number of benzene rings is 1. The lowest BCUT2D eigenvalue weighted by molar-refractivity contribution is -0.137. The fourth-order valence-electron chi connectivity index (χ4n) is 1.81. The van der Waals surface area contributed by atoms with Gasteiger partial charge in [-0.05, 0) is 23.8 Å². The van der Waals surface area contributed by atoms with Crippen molar-refractivity contribution in [3.63, 3.8) is 0 Å². The van der Waals surface area contributed by atoms with E-state index in [-0.39, 0.29) is 0 Å². The molecule has 0 saturated carbocycles. The number of nitrogens with two attached hydrogens (primary N) is 1. The highest BCUT2D eigenvalue weighted by atomic mass is 35.5. The second-order valence-electron chi connectivity index (χ2n) is 4.00. The highest BCUT2D eigenvalue weighted by molar-refractivity contribution is 7.20. The maximum absolute atomic E-state index is 12.7. The van der Waals surface area contributed by atoms with Crippen molar-refractivity contribution < 1.29 is 13.2 Å². The lowest BCUT2D eigenvalue weighted by Crippen LogP contribution is -2.29. The van der Waals surface area contributed by atoms with E-state index in [1.54, 1.807) is 12.1 Å². The van der Waals surface area contributed by atoms with E-state index in [0.717, 1.165) is 23.5 Å². The standard InChI is InChI=1S/C12H9Cl2F3N2S/c13-9-5-8(11(14)20-9)10(19-18)6-2-1-3-7(4-6)12(15,16)17/h1-5,10,19H,18H2. The van der Waals surface area contributed by atoms with Gasteiger partial charge in [-0.15, -0.1) is 11.3 Å². The van der Waals surface area contributed by atoms with Crippen LogP contribution in [0.25, 0.3) is 0 Å². The normalized spacial score (nSPS) is 13.5. The number of hydrogen-bond acceptors (Lipinski definition) is 3. The summed E-state index contributed by atoms with van der Waals surface area (Å²) in [5.41, 5.74) is 2.63. The minimum absolute atomic E-state index is 0.360. The van der Waals surface area contributed by atoms with E-state index in [1.807, 2.05) is 0 Å². The minimum Gasteiger partial charge on any atom is -0.271 e. The number of alkyl halides is 3. The molecule has 0 aliphatic carbocycles. The summed E-state index contributed by atoms with van der Waals surface area (Å²) in [7, 11) is 0. The Balaban J connectivity index is 2.45. The number of rotatable bonds is 3. The lowest BCUT2D eigenvalue weighted by atomic mass is 9.99. The largest absolute Gasteiger partial charge is 0.416 e. The Hall–Kier alpha value is -0.790. The first kappa shape index (κ1) is 15.6. The van der Waals surface area contributed by atoms with Crippen molar-refractivity contribution in [2.24, 2.45) is 5.84 Å². The third kappa shape index (κ3) is 3.27. The molecule has 1 unspecified atom stereocenters. The van der Waals surface area contributed by atoms with Crippen molar-refractivity contribution >= 4 is 34.5 Å². The van der Waals surface area contributed by atoms with Gasteiger partial charge in [0.15, 0.2) is 0 Å². The van der Waals surface area contributed by atoms with E-state index in [9.17, 15) is 13.2 Å². The zero-order valence-corrected chi connectivity index (χ0v) is 12.2. The highest BCUT2D eigenvalue weighted by Crippen LogP contribution is 2.38. The topological polar surface area (TPSA) is 38.0 Å². The Morgan fingerprint density at radius 1 is 1.20 bits per heavy atom. The summed E-state index contributed by atoms with van der Waals surface area (Å²) in [5.74, 6) is 5.45. The van der Waals surface area contributed by atoms with E-state index in [1.165, 1.54) is 6.07 Å². The van der Waals surface area contributed by atoms with Crippen molar-refractivity contribution in [3.05, 3.63) is 55.7 Å². The van der Waals surface area contributed by atoms with Crippen LogP contribution in [0, 0.1) is 0 Å². The third-order valence-corrected chi connectivity index (χ3v) is 4.23. The van der Waals surface area contributed by atoms with Crippen LogP contribution in [0.4, 0.5) is 13.2 Å². The molecule has 2 nitrogen and oxygen atoms in total. The molecule has 1 aromatic carbocycles. The quantitative estimate of drug-likeness (QED) is 0.631. The summed E-state index contributed by atoms with van der Waals surface area (Å²) in [5, 5.41) is 0. The van der Waals surface area contributed by atoms with Gasteiger partial charge in [-0.25, -0.2) is 5.43 Å².